The van der Waals surface area contributed by atoms with Crippen molar-refractivity contribution in [2.45, 2.75) is 57.4 Å². The Kier molecular flexibility index (Phi) is 5.74. The van der Waals surface area contributed by atoms with E-state index in [9.17, 15) is 4.79 Å². The van der Waals surface area contributed by atoms with E-state index < -0.39 is 5.54 Å². The number of nitrogens with one attached hydrogen (secondary N) is 2. The highest BCUT2D eigenvalue weighted by Gasteiger charge is 2.36. The van der Waals surface area contributed by atoms with Crippen LogP contribution in [0.4, 0.5) is 4.79 Å². The van der Waals surface area contributed by atoms with Gasteiger partial charge in [0.2, 0.25) is 0 Å². The highest BCUT2D eigenvalue weighted by Crippen LogP contribution is 2.26. The molecule has 1 fully saturated rings. The molecule has 5 N–H and O–H groups in total. The molecule has 0 saturated heterocycles. The molecule has 0 heterocycles. The number of rotatable bonds is 3. The lowest BCUT2D eigenvalue weighted by Gasteiger charge is -2.35. The van der Waals surface area contributed by atoms with Crippen LogP contribution in [-0.2, 0) is 0 Å². The summed E-state index contributed by atoms with van der Waals surface area (Å²) in [5, 5.41) is 17.6. The number of hydrogen-bond donors (Lipinski definition) is 4. The number of carbonyl (C=O) groups is 1. The third kappa shape index (κ3) is 3.78. The molecule has 6 heteroatoms. The van der Waals surface area contributed by atoms with Crippen LogP contribution >= 0.6 is 0 Å². The molecule has 1 aliphatic carbocycles. The number of urea groups is 1. The van der Waals surface area contributed by atoms with Crippen LogP contribution < -0.4 is 16.4 Å². The quantitative estimate of drug-likeness (QED) is 0.267. The van der Waals surface area contributed by atoms with Crippen molar-refractivity contribution in [1.29, 1.82) is 0 Å². The zero-order chi connectivity index (χ0) is 13.4. The smallest absolute Gasteiger partial charge is 0.315 e. The summed E-state index contributed by atoms with van der Waals surface area (Å²) in [5.74, 6) is 0.107. The SMILES string of the molecule is CCNC(=O)NC1(/C(N)=N/O)CCCCCCC1. The van der Waals surface area contributed by atoms with Gasteiger partial charge in [0, 0.05) is 6.54 Å². The van der Waals surface area contributed by atoms with Gasteiger partial charge in [-0.15, -0.1) is 0 Å². The van der Waals surface area contributed by atoms with Crippen LogP contribution in [0.2, 0.25) is 0 Å². The average Bonchev–Trinajstić information content (AvgIpc) is 2.32. The van der Waals surface area contributed by atoms with Gasteiger partial charge in [-0.2, -0.15) is 0 Å². The summed E-state index contributed by atoms with van der Waals surface area (Å²) in [6.45, 7) is 2.41. The average molecular weight is 256 g/mol. The molecule has 1 saturated carbocycles. The van der Waals surface area contributed by atoms with E-state index in [0.29, 0.717) is 6.54 Å². The van der Waals surface area contributed by atoms with Gasteiger partial charge in [-0.25, -0.2) is 4.79 Å². The van der Waals surface area contributed by atoms with E-state index in [0.717, 1.165) is 38.5 Å². The second-order valence-electron chi connectivity index (χ2n) is 4.82. The fourth-order valence-corrected chi connectivity index (χ4v) is 2.47. The van der Waals surface area contributed by atoms with Crippen molar-refractivity contribution in [3.63, 3.8) is 0 Å². The van der Waals surface area contributed by atoms with Crippen molar-refractivity contribution in [1.82, 2.24) is 10.6 Å². The number of amides is 2. The van der Waals surface area contributed by atoms with Gasteiger partial charge in [-0.05, 0) is 19.8 Å². The van der Waals surface area contributed by atoms with E-state index in [1.54, 1.807) is 0 Å². The van der Waals surface area contributed by atoms with Crippen molar-refractivity contribution in [2.75, 3.05) is 6.54 Å². The second-order valence-corrected chi connectivity index (χ2v) is 4.82. The molecule has 0 radical (unpaired) electrons. The molecule has 1 rings (SSSR count). The Labute approximate surface area is 108 Å². The summed E-state index contributed by atoms with van der Waals surface area (Å²) in [6, 6.07) is -0.260. The summed E-state index contributed by atoms with van der Waals surface area (Å²) in [7, 11) is 0. The van der Waals surface area contributed by atoms with Crippen LogP contribution in [0, 0.1) is 0 Å². The van der Waals surface area contributed by atoms with Gasteiger partial charge < -0.3 is 21.6 Å². The number of oxime groups is 1. The van der Waals surface area contributed by atoms with E-state index in [2.05, 4.69) is 15.8 Å². The minimum Gasteiger partial charge on any atom is -0.409 e. The van der Waals surface area contributed by atoms with E-state index in [-0.39, 0.29) is 11.9 Å². The first kappa shape index (κ1) is 14.6. The summed E-state index contributed by atoms with van der Waals surface area (Å²) < 4.78 is 0. The fraction of sp³-hybridized carbons (Fsp3) is 0.833. The van der Waals surface area contributed by atoms with Gasteiger partial charge >= 0.3 is 6.03 Å². The third-order valence-corrected chi connectivity index (χ3v) is 3.50. The Morgan fingerprint density at radius 1 is 1.28 bits per heavy atom. The Bertz CT molecular complexity index is 296. The Hall–Kier alpha value is -1.46. The number of carbonyl (C=O) groups excluding carboxylic acids is 1. The number of nitrogens with zero attached hydrogens (tertiary/aromatic N) is 1. The standard InChI is InChI=1S/C12H24N4O2/c1-2-14-11(17)15-12(10(13)16-18)8-6-4-3-5-7-9-12/h18H,2-9H2,1H3,(H2,13,16)(H2,14,15,17). The van der Waals surface area contributed by atoms with Gasteiger partial charge in [-0.1, -0.05) is 37.3 Å². The minimum atomic E-state index is -0.700. The van der Waals surface area contributed by atoms with Gasteiger partial charge in [-0.3, -0.25) is 0 Å². The largest absolute Gasteiger partial charge is 0.409 e. The highest BCUT2D eigenvalue weighted by molar-refractivity contribution is 5.93. The number of hydrogen-bond acceptors (Lipinski definition) is 3. The number of nitrogens with two attached hydrogens (primary N) is 1. The van der Waals surface area contributed by atoms with Gasteiger partial charge in [0.1, 0.15) is 5.54 Å². The van der Waals surface area contributed by atoms with E-state index in [1.165, 1.54) is 6.42 Å². The maximum atomic E-state index is 11.7. The monoisotopic (exact) mass is 256 g/mol. The van der Waals surface area contributed by atoms with E-state index in [1.807, 2.05) is 6.92 Å². The molecule has 0 unspecified atom stereocenters. The summed E-state index contributed by atoms with van der Waals surface area (Å²) in [6.07, 6.45) is 6.85. The highest BCUT2D eigenvalue weighted by atomic mass is 16.4. The van der Waals surface area contributed by atoms with Gasteiger partial charge in [0.15, 0.2) is 5.84 Å². The maximum Gasteiger partial charge on any atom is 0.315 e. The lowest BCUT2D eigenvalue weighted by Crippen LogP contribution is -2.59. The molecule has 0 aliphatic heterocycles. The number of amidine groups is 1. The molecule has 0 atom stereocenters. The third-order valence-electron chi connectivity index (χ3n) is 3.50. The van der Waals surface area contributed by atoms with E-state index >= 15 is 0 Å². The van der Waals surface area contributed by atoms with Gasteiger partial charge in [0.05, 0.1) is 0 Å². The predicted octanol–water partition coefficient (Wildman–Crippen LogP) is 1.53. The van der Waals surface area contributed by atoms with Crippen LogP contribution in [0.5, 0.6) is 0 Å². The second kappa shape index (κ2) is 7.08. The normalized spacial score (nSPS) is 20.6. The molecule has 18 heavy (non-hydrogen) atoms. The van der Waals surface area contributed by atoms with Crippen LogP contribution in [-0.4, -0.2) is 29.2 Å². The first-order chi connectivity index (χ1) is 8.64. The van der Waals surface area contributed by atoms with Crippen molar-refractivity contribution in [2.24, 2.45) is 10.9 Å². The minimum absolute atomic E-state index is 0.107. The van der Waals surface area contributed by atoms with Crippen LogP contribution in [0.15, 0.2) is 5.16 Å². The lowest BCUT2D eigenvalue weighted by molar-refractivity contribution is 0.225. The first-order valence-electron chi connectivity index (χ1n) is 6.68. The lowest BCUT2D eigenvalue weighted by atomic mass is 9.83. The fourth-order valence-electron chi connectivity index (χ4n) is 2.47. The molecular formula is C12H24N4O2. The summed E-state index contributed by atoms with van der Waals surface area (Å²) in [4.78, 5) is 11.7. The Balaban J connectivity index is 2.81. The molecule has 0 spiro atoms. The zero-order valence-corrected chi connectivity index (χ0v) is 11.0. The molecule has 6 nitrogen and oxygen atoms in total. The molecule has 1 aliphatic rings. The Morgan fingerprint density at radius 3 is 2.33 bits per heavy atom. The van der Waals surface area contributed by atoms with Crippen molar-refractivity contribution >= 4 is 11.9 Å². The maximum absolute atomic E-state index is 11.7. The molecule has 0 aromatic rings. The zero-order valence-electron chi connectivity index (χ0n) is 11.0. The van der Waals surface area contributed by atoms with Crippen LogP contribution in [0.1, 0.15) is 51.9 Å². The van der Waals surface area contributed by atoms with Crippen LogP contribution in [0.3, 0.4) is 0 Å². The van der Waals surface area contributed by atoms with Crippen molar-refractivity contribution < 1.29 is 10.0 Å². The summed E-state index contributed by atoms with van der Waals surface area (Å²) >= 11 is 0. The molecule has 2 amide bonds. The topological polar surface area (TPSA) is 99.7 Å². The first-order valence-corrected chi connectivity index (χ1v) is 6.68. The molecule has 0 aromatic carbocycles. The Morgan fingerprint density at radius 2 is 1.83 bits per heavy atom. The van der Waals surface area contributed by atoms with E-state index in [4.69, 9.17) is 10.9 Å². The van der Waals surface area contributed by atoms with Crippen LogP contribution in [0.25, 0.3) is 0 Å². The molecule has 0 aromatic heterocycles. The van der Waals surface area contributed by atoms with Crippen molar-refractivity contribution in [3.05, 3.63) is 0 Å². The summed E-state index contributed by atoms with van der Waals surface area (Å²) in [5.41, 5.74) is 5.11. The van der Waals surface area contributed by atoms with Crippen molar-refractivity contribution in [3.8, 4) is 0 Å². The van der Waals surface area contributed by atoms with Gasteiger partial charge in [0.25, 0.3) is 0 Å². The molecule has 104 valence electrons. The molecule has 0 bridgehead atoms. The molecular weight excluding hydrogens is 232 g/mol. The predicted molar refractivity (Wildman–Crippen MR) is 70.7 cm³/mol.